The number of nitro benzene ring substituents is 1. The lowest BCUT2D eigenvalue weighted by Gasteiger charge is -2.49. The van der Waals surface area contributed by atoms with Crippen molar-refractivity contribution in [2.24, 2.45) is 11.8 Å². The van der Waals surface area contributed by atoms with Gasteiger partial charge < -0.3 is 10.2 Å². The van der Waals surface area contributed by atoms with Gasteiger partial charge in [-0.05, 0) is 48.1 Å². The van der Waals surface area contributed by atoms with Crippen LogP contribution in [0.3, 0.4) is 0 Å². The van der Waals surface area contributed by atoms with E-state index in [2.05, 4.69) is 29.0 Å². The first-order chi connectivity index (χ1) is 15.8. The molecule has 8 heteroatoms. The second kappa shape index (κ2) is 9.87. The number of fused-ring (bicyclic) bond motifs is 3. The summed E-state index contributed by atoms with van der Waals surface area (Å²) < 4.78 is 13.3. The van der Waals surface area contributed by atoms with Crippen LogP contribution in [0.1, 0.15) is 31.4 Å². The highest BCUT2D eigenvalue weighted by molar-refractivity contribution is 5.82. The van der Waals surface area contributed by atoms with Crippen molar-refractivity contribution in [3.05, 3.63) is 69.5 Å². The summed E-state index contributed by atoms with van der Waals surface area (Å²) in [6.45, 7) is 7.80. The first-order valence-corrected chi connectivity index (χ1v) is 11.6. The minimum Gasteiger partial charge on any atom is -0.365 e. The Labute approximate surface area is 193 Å². The highest BCUT2D eigenvalue weighted by Crippen LogP contribution is 2.38. The van der Waals surface area contributed by atoms with E-state index >= 15 is 0 Å². The molecule has 1 fully saturated rings. The molecular weight excluding hydrogens is 423 g/mol. The predicted octanol–water partition coefficient (Wildman–Crippen LogP) is 3.76. The number of nitrogens with one attached hydrogen (secondary N) is 1. The summed E-state index contributed by atoms with van der Waals surface area (Å²) in [5, 5.41) is 14.4. The van der Waals surface area contributed by atoms with E-state index in [0.29, 0.717) is 32.0 Å². The topological polar surface area (TPSA) is 78.7 Å². The van der Waals surface area contributed by atoms with E-state index in [-0.39, 0.29) is 34.3 Å². The van der Waals surface area contributed by atoms with Crippen molar-refractivity contribution >= 4 is 17.3 Å². The summed E-state index contributed by atoms with van der Waals surface area (Å²) in [5.41, 5.74) is 2.94. The molecule has 2 aromatic rings. The highest BCUT2D eigenvalue weighted by atomic mass is 19.1. The van der Waals surface area contributed by atoms with Crippen molar-refractivity contribution in [3.8, 4) is 0 Å². The fourth-order valence-electron chi connectivity index (χ4n) is 4.89. The number of nitro groups is 1. The van der Waals surface area contributed by atoms with Gasteiger partial charge in [0.05, 0.1) is 16.9 Å². The second-order valence-electron chi connectivity index (χ2n) is 9.48. The largest absolute Gasteiger partial charge is 0.365 e. The van der Waals surface area contributed by atoms with Crippen LogP contribution < -0.4 is 10.2 Å². The number of non-ortho nitro benzene ring substituents is 1. The minimum absolute atomic E-state index is 0.00596. The van der Waals surface area contributed by atoms with E-state index < -0.39 is 0 Å². The standard InChI is InChI=1S/C25H31FN4O3/c1-17(2)9-10-27-25(31)22-14-19-13-21(30(32)33)7-8-23(19)29-12-11-28(16-24(22)29)15-18-3-5-20(26)6-4-18/h3-8,13,17,22,24H,9-12,14-16H2,1-2H3,(H,27,31)/t22-,24+/m1/s1. The Hall–Kier alpha value is -3.00. The molecule has 0 aromatic heterocycles. The van der Waals surface area contributed by atoms with Crippen LogP contribution in [-0.2, 0) is 17.8 Å². The van der Waals surface area contributed by atoms with Gasteiger partial charge in [0, 0.05) is 50.5 Å². The van der Waals surface area contributed by atoms with Crippen LogP contribution in [0.15, 0.2) is 42.5 Å². The molecule has 2 aliphatic rings. The molecule has 4 rings (SSSR count). The number of hydrogen-bond donors (Lipinski definition) is 1. The molecule has 1 amide bonds. The van der Waals surface area contributed by atoms with Crippen molar-refractivity contribution < 1.29 is 14.1 Å². The van der Waals surface area contributed by atoms with Crippen LogP contribution in [-0.4, -0.2) is 48.0 Å². The molecule has 33 heavy (non-hydrogen) atoms. The molecule has 1 N–H and O–H groups in total. The van der Waals surface area contributed by atoms with Crippen molar-refractivity contribution in [1.29, 1.82) is 0 Å². The maximum Gasteiger partial charge on any atom is 0.269 e. The van der Waals surface area contributed by atoms with Gasteiger partial charge >= 0.3 is 0 Å². The summed E-state index contributed by atoms with van der Waals surface area (Å²) in [7, 11) is 0. The number of piperazine rings is 1. The first-order valence-electron chi connectivity index (χ1n) is 11.6. The molecule has 176 valence electrons. The van der Waals surface area contributed by atoms with E-state index in [1.807, 2.05) is 6.07 Å². The molecule has 7 nitrogen and oxygen atoms in total. The van der Waals surface area contributed by atoms with Crippen molar-refractivity contribution in [2.45, 2.75) is 39.3 Å². The number of nitrogens with zero attached hydrogens (tertiary/aromatic N) is 3. The molecular formula is C25H31FN4O3. The number of benzene rings is 2. The fraction of sp³-hybridized carbons (Fsp3) is 0.480. The first kappa shape index (κ1) is 23.2. The zero-order valence-electron chi connectivity index (χ0n) is 19.2. The quantitative estimate of drug-likeness (QED) is 0.509. The Morgan fingerprint density at radius 3 is 2.67 bits per heavy atom. The van der Waals surface area contributed by atoms with Gasteiger partial charge in [0.15, 0.2) is 0 Å². The maximum absolute atomic E-state index is 13.3. The third-order valence-electron chi connectivity index (χ3n) is 6.67. The zero-order valence-corrected chi connectivity index (χ0v) is 19.2. The number of rotatable bonds is 7. The summed E-state index contributed by atoms with van der Waals surface area (Å²) in [5.74, 6) is -0.0359. The SMILES string of the molecule is CC(C)CCNC(=O)[C@@H]1Cc2cc([N+](=O)[O-])ccc2N2CCN(Cc3ccc(F)cc3)C[C@@H]12. The Morgan fingerprint density at radius 1 is 1.21 bits per heavy atom. The third kappa shape index (κ3) is 5.33. The Balaban J connectivity index is 1.56. The van der Waals surface area contributed by atoms with Gasteiger partial charge in [0.1, 0.15) is 5.82 Å². The molecule has 2 aliphatic heterocycles. The average Bonchev–Trinajstić information content (AvgIpc) is 2.79. The molecule has 2 heterocycles. The van der Waals surface area contributed by atoms with Gasteiger partial charge in [-0.25, -0.2) is 4.39 Å². The van der Waals surface area contributed by atoms with Crippen molar-refractivity contribution in [2.75, 3.05) is 31.1 Å². The molecule has 2 atom stereocenters. The summed E-state index contributed by atoms with van der Waals surface area (Å²) in [6, 6.07) is 11.5. The van der Waals surface area contributed by atoms with Gasteiger partial charge in [-0.1, -0.05) is 26.0 Å². The minimum atomic E-state index is -0.384. The third-order valence-corrected chi connectivity index (χ3v) is 6.67. The van der Waals surface area contributed by atoms with Crippen LogP contribution in [0, 0.1) is 27.8 Å². The number of hydrogen-bond acceptors (Lipinski definition) is 5. The smallest absolute Gasteiger partial charge is 0.269 e. The Morgan fingerprint density at radius 2 is 1.97 bits per heavy atom. The normalized spacial score (nSPS) is 20.3. The summed E-state index contributed by atoms with van der Waals surface area (Å²) in [4.78, 5) is 28.7. The van der Waals surface area contributed by atoms with E-state index in [4.69, 9.17) is 0 Å². The molecule has 0 bridgehead atoms. The number of carbonyl (C=O) groups excluding carboxylic acids is 1. The molecule has 0 spiro atoms. The lowest BCUT2D eigenvalue weighted by atomic mass is 9.83. The zero-order chi connectivity index (χ0) is 23.5. The van der Waals surface area contributed by atoms with Crippen LogP contribution in [0.25, 0.3) is 0 Å². The van der Waals surface area contributed by atoms with E-state index in [1.165, 1.54) is 12.1 Å². The van der Waals surface area contributed by atoms with Gasteiger partial charge in [-0.3, -0.25) is 19.8 Å². The van der Waals surface area contributed by atoms with Gasteiger partial charge in [-0.15, -0.1) is 0 Å². The van der Waals surface area contributed by atoms with Crippen LogP contribution in [0.4, 0.5) is 15.8 Å². The lowest BCUT2D eigenvalue weighted by Crippen LogP contribution is -2.60. The van der Waals surface area contributed by atoms with Crippen molar-refractivity contribution in [3.63, 3.8) is 0 Å². The van der Waals surface area contributed by atoms with Crippen LogP contribution in [0.5, 0.6) is 0 Å². The van der Waals surface area contributed by atoms with Crippen molar-refractivity contribution in [1.82, 2.24) is 10.2 Å². The van der Waals surface area contributed by atoms with E-state index in [0.717, 1.165) is 36.3 Å². The van der Waals surface area contributed by atoms with E-state index in [1.54, 1.807) is 24.3 Å². The van der Waals surface area contributed by atoms with Crippen LogP contribution >= 0.6 is 0 Å². The molecule has 0 radical (unpaired) electrons. The molecule has 0 saturated carbocycles. The number of carbonyl (C=O) groups is 1. The fourth-order valence-corrected chi connectivity index (χ4v) is 4.89. The molecule has 0 aliphatic carbocycles. The molecule has 2 aromatic carbocycles. The van der Waals surface area contributed by atoms with Crippen LogP contribution in [0.2, 0.25) is 0 Å². The maximum atomic E-state index is 13.3. The second-order valence-corrected chi connectivity index (χ2v) is 9.48. The highest BCUT2D eigenvalue weighted by Gasteiger charge is 2.41. The lowest BCUT2D eigenvalue weighted by molar-refractivity contribution is -0.384. The van der Waals surface area contributed by atoms with Gasteiger partial charge in [-0.2, -0.15) is 0 Å². The number of halogens is 1. The molecule has 0 unspecified atom stereocenters. The Kier molecular flexibility index (Phi) is 6.93. The Bertz CT molecular complexity index is 1010. The number of amides is 1. The summed E-state index contributed by atoms with van der Waals surface area (Å²) >= 11 is 0. The van der Waals surface area contributed by atoms with Gasteiger partial charge in [0.2, 0.25) is 5.91 Å². The monoisotopic (exact) mass is 454 g/mol. The predicted molar refractivity (Wildman–Crippen MR) is 126 cm³/mol. The van der Waals surface area contributed by atoms with E-state index in [9.17, 15) is 19.3 Å². The average molecular weight is 455 g/mol. The van der Waals surface area contributed by atoms with Gasteiger partial charge in [0.25, 0.3) is 5.69 Å². The summed E-state index contributed by atoms with van der Waals surface area (Å²) in [6.07, 6.45) is 1.39. The number of anilines is 1. The molecule has 1 saturated heterocycles.